The second kappa shape index (κ2) is 11.1. The van der Waals surface area contributed by atoms with Crippen molar-refractivity contribution in [2.45, 2.75) is 20.3 Å². The number of hydrogen-bond acceptors (Lipinski definition) is 1. The molecule has 0 saturated carbocycles. The zero-order chi connectivity index (χ0) is 33.3. The highest BCUT2D eigenvalue weighted by atomic mass is 15.1. The highest BCUT2D eigenvalue weighted by Crippen LogP contribution is 2.41. The Hall–Kier alpha value is -6.39. The molecule has 0 bridgehead atoms. The molecular weight excluding hydrogens is 609 g/mol. The highest BCUT2D eigenvalue weighted by molar-refractivity contribution is 6.24. The zero-order valence-corrected chi connectivity index (χ0v) is 28.0. The molecule has 5 aromatic heterocycles. The lowest BCUT2D eigenvalue weighted by Gasteiger charge is -2.12. The fourth-order valence-electron chi connectivity index (χ4n) is 8.11. The molecule has 0 radical (unpaired) electrons. The molecule has 0 unspecified atom stereocenters. The molecule has 11 aromatic rings. The van der Waals surface area contributed by atoms with Crippen molar-refractivity contribution in [3.63, 3.8) is 0 Å². The molecule has 0 spiro atoms. The van der Waals surface area contributed by atoms with Crippen LogP contribution >= 0.6 is 0 Å². The van der Waals surface area contributed by atoms with Gasteiger partial charge in [-0.05, 0) is 53.9 Å². The first kappa shape index (κ1) is 28.6. The van der Waals surface area contributed by atoms with Crippen LogP contribution in [0, 0.1) is 0 Å². The van der Waals surface area contributed by atoms with Gasteiger partial charge in [0.1, 0.15) is 11.6 Å². The van der Waals surface area contributed by atoms with Crippen LogP contribution in [-0.2, 0) is 0 Å². The summed E-state index contributed by atoms with van der Waals surface area (Å²) in [6, 6.07) is 56.8. The molecule has 0 amide bonds. The molecule has 0 aliphatic carbocycles. The molecule has 0 aliphatic rings. The molecule has 11 rings (SSSR count). The van der Waals surface area contributed by atoms with Crippen molar-refractivity contribution in [2.24, 2.45) is 0 Å². The molecule has 238 valence electrons. The van der Waals surface area contributed by atoms with E-state index in [1.807, 2.05) is 0 Å². The Morgan fingerprint density at radius 3 is 1.44 bits per heavy atom. The topological polar surface area (TPSA) is 27.2 Å². The normalized spacial score (nSPS) is 11.9. The lowest BCUT2D eigenvalue weighted by molar-refractivity contribution is 1.01. The summed E-state index contributed by atoms with van der Waals surface area (Å²) in [4.78, 5) is 5.40. The predicted molar refractivity (Wildman–Crippen MR) is 212 cm³/mol. The molecule has 4 heteroatoms. The van der Waals surface area contributed by atoms with Crippen LogP contribution in [0.5, 0.6) is 0 Å². The monoisotopic (exact) mass is 642 g/mol. The summed E-state index contributed by atoms with van der Waals surface area (Å²) in [6.07, 6.45) is 1.25. The average Bonchev–Trinajstić information content (AvgIpc) is 3.83. The van der Waals surface area contributed by atoms with Crippen LogP contribution in [0.3, 0.4) is 0 Å². The lowest BCUT2D eigenvalue weighted by Crippen LogP contribution is -2.03. The van der Waals surface area contributed by atoms with Crippen molar-refractivity contribution in [3.05, 3.63) is 158 Å². The van der Waals surface area contributed by atoms with Crippen molar-refractivity contribution in [3.8, 4) is 11.6 Å². The van der Waals surface area contributed by atoms with Gasteiger partial charge >= 0.3 is 0 Å². The number of benzene rings is 6. The molecule has 0 aliphatic heterocycles. The first-order valence-electron chi connectivity index (χ1n) is 17.5. The first-order chi connectivity index (χ1) is 24.8. The van der Waals surface area contributed by atoms with E-state index in [0.717, 1.165) is 33.7 Å². The zero-order valence-electron chi connectivity index (χ0n) is 28.0. The molecule has 6 aromatic carbocycles. The SMILES string of the molecule is CCC.c1cc(-n2c3ccccc3c3ccccc32)nc(-n2c3ccccc3c3c2ccc2cc4c5ccccc5c5ccccc5n4c23)c1. The Morgan fingerprint density at radius 2 is 0.840 bits per heavy atom. The van der Waals surface area contributed by atoms with Gasteiger partial charge in [-0.15, -0.1) is 0 Å². The number of nitrogens with zero attached hydrogens (tertiary/aromatic N) is 4. The number of para-hydroxylation sites is 4. The number of rotatable bonds is 2. The van der Waals surface area contributed by atoms with E-state index in [-0.39, 0.29) is 0 Å². The van der Waals surface area contributed by atoms with Gasteiger partial charge in [0.15, 0.2) is 0 Å². The average molecular weight is 643 g/mol. The smallest absolute Gasteiger partial charge is 0.140 e. The third-order valence-corrected chi connectivity index (χ3v) is 10.00. The number of fused-ring (bicyclic) bond motifs is 15. The van der Waals surface area contributed by atoms with Gasteiger partial charge in [0.25, 0.3) is 0 Å². The van der Waals surface area contributed by atoms with E-state index in [0.29, 0.717) is 0 Å². The summed E-state index contributed by atoms with van der Waals surface area (Å²) in [5.41, 5.74) is 8.26. The summed E-state index contributed by atoms with van der Waals surface area (Å²) in [5.74, 6) is 1.79. The Kier molecular flexibility index (Phi) is 6.34. The van der Waals surface area contributed by atoms with E-state index >= 15 is 0 Å². The Labute approximate surface area is 289 Å². The standard InChI is InChI=1S/C43H26N4.C3H8/c1-2-14-30-28(12-1)29-13-3-9-20-36(29)47-39(30)26-27-24-25-38-42(43(27)47)33-17-6-10-21-37(33)46(38)41-23-11-22-40(44-41)45-34-18-7-4-15-31(34)32-16-5-8-19-35(32)45;1-3-2/h1-26H;3H2,1-2H3. The summed E-state index contributed by atoms with van der Waals surface area (Å²) in [6.45, 7) is 4.25. The van der Waals surface area contributed by atoms with E-state index in [1.54, 1.807) is 0 Å². The number of aromatic nitrogens is 4. The second-order valence-corrected chi connectivity index (χ2v) is 13.1. The Morgan fingerprint density at radius 1 is 0.400 bits per heavy atom. The van der Waals surface area contributed by atoms with E-state index in [1.165, 1.54) is 66.1 Å². The lowest BCUT2D eigenvalue weighted by atomic mass is 10.1. The van der Waals surface area contributed by atoms with Gasteiger partial charge in [0, 0.05) is 37.7 Å². The Balaban J connectivity index is 0.00000102. The van der Waals surface area contributed by atoms with Gasteiger partial charge in [-0.25, -0.2) is 4.98 Å². The molecular formula is C46H34N4. The maximum atomic E-state index is 5.40. The molecule has 50 heavy (non-hydrogen) atoms. The van der Waals surface area contributed by atoms with Crippen LogP contribution in [0.2, 0.25) is 0 Å². The molecule has 0 saturated heterocycles. The van der Waals surface area contributed by atoms with Crippen molar-refractivity contribution in [1.29, 1.82) is 0 Å². The minimum Gasteiger partial charge on any atom is -0.308 e. The fourth-order valence-corrected chi connectivity index (χ4v) is 8.11. The summed E-state index contributed by atoms with van der Waals surface area (Å²) >= 11 is 0. The van der Waals surface area contributed by atoms with E-state index in [9.17, 15) is 0 Å². The van der Waals surface area contributed by atoms with Crippen LogP contribution < -0.4 is 0 Å². The highest BCUT2D eigenvalue weighted by Gasteiger charge is 2.21. The molecule has 0 N–H and O–H groups in total. The number of hydrogen-bond donors (Lipinski definition) is 0. The summed E-state index contributed by atoms with van der Waals surface area (Å²) in [5, 5.41) is 9.95. The van der Waals surface area contributed by atoms with Gasteiger partial charge in [0.05, 0.1) is 38.6 Å². The van der Waals surface area contributed by atoms with Gasteiger partial charge in [-0.1, -0.05) is 129 Å². The largest absolute Gasteiger partial charge is 0.308 e. The van der Waals surface area contributed by atoms with E-state index in [4.69, 9.17) is 4.98 Å². The third-order valence-electron chi connectivity index (χ3n) is 10.00. The molecule has 0 fully saturated rings. The third kappa shape index (κ3) is 3.96. The summed E-state index contributed by atoms with van der Waals surface area (Å²) < 4.78 is 7.11. The Bertz CT molecular complexity index is 3050. The molecule has 0 atom stereocenters. The minimum absolute atomic E-state index is 0.895. The van der Waals surface area contributed by atoms with Gasteiger partial charge < -0.3 is 4.40 Å². The van der Waals surface area contributed by atoms with Crippen molar-refractivity contribution >= 4 is 81.7 Å². The quantitative estimate of drug-likeness (QED) is 0.172. The van der Waals surface area contributed by atoms with Gasteiger partial charge in [0.2, 0.25) is 0 Å². The minimum atomic E-state index is 0.895. The first-order valence-corrected chi connectivity index (χ1v) is 17.5. The van der Waals surface area contributed by atoms with Crippen LogP contribution in [-0.4, -0.2) is 18.5 Å². The van der Waals surface area contributed by atoms with Crippen LogP contribution in [0.25, 0.3) is 93.3 Å². The van der Waals surface area contributed by atoms with Crippen molar-refractivity contribution < 1.29 is 0 Å². The van der Waals surface area contributed by atoms with Crippen LogP contribution in [0.15, 0.2) is 158 Å². The molecule has 5 heterocycles. The predicted octanol–water partition coefficient (Wildman–Crippen LogP) is 12.4. The van der Waals surface area contributed by atoms with Crippen molar-refractivity contribution in [2.75, 3.05) is 0 Å². The fraction of sp³-hybridized carbons (Fsp3) is 0.0652. The van der Waals surface area contributed by atoms with Gasteiger partial charge in [-0.2, -0.15) is 0 Å². The number of pyridine rings is 2. The maximum absolute atomic E-state index is 5.40. The van der Waals surface area contributed by atoms with Crippen LogP contribution in [0.4, 0.5) is 0 Å². The van der Waals surface area contributed by atoms with Gasteiger partial charge in [-0.3, -0.25) is 9.13 Å². The molecule has 4 nitrogen and oxygen atoms in total. The van der Waals surface area contributed by atoms with E-state index < -0.39 is 0 Å². The van der Waals surface area contributed by atoms with E-state index in [2.05, 4.69) is 185 Å². The second-order valence-electron chi connectivity index (χ2n) is 13.1. The maximum Gasteiger partial charge on any atom is 0.140 e. The van der Waals surface area contributed by atoms with Crippen molar-refractivity contribution in [1.82, 2.24) is 18.5 Å². The van der Waals surface area contributed by atoms with Crippen LogP contribution in [0.1, 0.15) is 20.3 Å². The summed E-state index contributed by atoms with van der Waals surface area (Å²) in [7, 11) is 0.